The first-order valence-electron chi connectivity index (χ1n) is 35.1. The van der Waals surface area contributed by atoms with Gasteiger partial charge in [-0.25, -0.2) is 4.57 Å². The van der Waals surface area contributed by atoms with Crippen molar-refractivity contribution in [3.05, 3.63) is 97.2 Å². The van der Waals surface area contributed by atoms with Gasteiger partial charge >= 0.3 is 13.8 Å². The van der Waals surface area contributed by atoms with Gasteiger partial charge < -0.3 is 19.4 Å². The Bertz CT molecular complexity index is 1760. The van der Waals surface area contributed by atoms with E-state index >= 15 is 0 Å². The van der Waals surface area contributed by atoms with Crippen molar-refractivity contribution in [2.24, 2.45) is 0 Å². The lowest BCUT2D eigenvalue weighted by molar-refractivity contribution is -0.870. The predicted octanol–water partition coefficient (Wildman–Crippen LogP) is 22.3. The number of nitrogens with zero attached hydrogens (tertiary/aromatic N) is 1. The molecule has 0 fully saturated rings. The molecule has 0 bridgehead atoms. The van der Waals surface area contributed by atoms with Crippen LogP contribution in [0.15, 0.2) is 97.2 Å². The molecule has 3 unspecified atom stereocenters. The van der Waals surface area contributed by atoms with Crippen LogP contribution >= 0.6 is 7.82 Å². The number of quaternary nitrogens is 1. The Balaban J connectivity index is 5.08. The maximum atomic E-state index is 13.6. The van der Waals surface area contributed by atoms with Crippen LogP contribution in [0.2, 0.25) is 0 Å². The van der Waals surface area contributed by atoms with Crippen molar-refractivity contribution < 1.29 is 37.3 Å². The van der Waals surface area contributed by atoms with E-state index in [4.69, 9.17) is 13.8 Å². The van der Waals surface area contributed by atoms with E-state index in [1.807, 2.05) is 33.3 Å². The fraction of sp³-hybridized carbons (Fsp3) is 0.757. The van der Waals surface area contributed by atoms with Gasteiger partial charge in [0.05, 0.1) is 33.8 Å². The summed E-state index contributed by atoms with van der Waals surface area (Å²) in [6.07, 6.45) is 85.7. The van der Waals surface area contributed by atoms with Crippen molar-refractivity contribution in [2.75, 3.05) is 40.9 Å². The molecule has 0 aromatic heterocycles. The van der Waals surface area contributed by atoms with Gasteiger partial charge in [-0.3, -0.25) is 18.6 Å². The fourth-order valence-corrected chi connectivity index (χ4v) is 10.6. The number of likely N-dealkylation sites (N-methyl/N-ethyl adjacent to an activating group) is 1. The molecule has 84 heavy (non-hydrogen) atoms. The van der Waals surface area contributed by atoms with Crippen LogP contribution in [0.4, 0.5) is 0 Å². The highest BCUT2D eigenvalue weighted by atomic mass is 31.2. The van der Waals surface area contributed by atoms with Gasteiger partial charge in [0, 0.05) is 12.8 Å². The Morgan fingerprint density at radius 1 is 0.429 bits per heavy atom. The molecule has 0 rings (SSSR count). The van der Waals surface area contributed by atoms with E-state index in [0.717, 1.165) is 96.3 Å². The number of phosphoric acid groups is 1. The first-order chi connectivity index (χ1) is 40.9. The molecule has 9 nitrogen and oxygen atoms in total. The molecule has 0 heterocycles. The number of ether oxygens (including phenoxy) is 1. The topological polar surface area (TPSA) is 111 Å². The monoisotopic (exact) mass is 1190 g/mol. The second-order valence-corrected chi connectivity index (χ2v) is 26.1. The van der Waals surface area contributed by atoms with E-state index in [2.05, 4.69) is 111 Å². The second kappa shape index (κ2) is 63.0. The largest absolute Gasteiger partial charge is 0.472 e. The van der Waals surface area contributed by atoms with Gasteiger partial charge in [-0.2, -0.15) is 0 Å². The molecule has 0 aliphatic heterocycles. The summed E-state index contributed by atoms with van der Waals surface area (Å²) in [4.78, 5) is 37.9. The number of amides is 1. The number of carbonyl (C=O) groups excluding carboxylic acids is 2. The van der Waals surface area contributed by atoms with Crippen molar-refractivity contribution >= 4 is 19.7 Å². The zero-order valence-corrected chi connectivity index (χ0v) is 56.5. The Morgan fingerprint density at radius 3 is 1.18 bits per heavy atom. The maximum Gasteiger partial charge on any atom is 0.472 e. The highest BCUT2D eigenvalue weighted by molar-refractivity contribution is 7.47. The van der Waals surface area contributed by atoms with Crippen molar-refractivity contribution in [1.29, 1.82) is 0 Å². The number of carbonyl (C=O) groups is 2. The minimum atomic E-state index is -4.47. The van der Waals surface area contributed by atoms with Gasteiger partial charge in [0.25, 0.3) is 0 Å². The average molecular weight is 1190 g/mol. The number of rotatable bonds is 63. The van der Waals surface area contributed by atoms with E-state index < -0.39 is 20.0 Å². The lowest BCUT2D eigenvalue weighted by Gasteiger charge is -2.27. The van der Waals surface area contributed by atoms with Crippen LogP contribution in [0, 0.1) is 0 Å². The normalized spacial score (nSPS) is 14.1. The molecule has 0 aromatic carbocycles. The summed E-state index contributed by atoms with van der Waals surface area (Å²) in [6, 6.07) is -0.867. The van der Waals surface area contributed by atoms with Gasteiger partial charge in [-0.05, 0) is 109 Å². The number of nitrogens with one attached hydrogen (secondary N) is 1. The number of esters is 1. The summed E-state index contributed by atoms with van der Waals surface area (Å²) in [5, 5.41) is 3.06. The van der Waals surface area contributed by atoms with Crippen LogP contribution in [0.25, 0.3) is 0 Å². The third-order valence-corrected chi connectivity index (χ3v) is 16.2. The SMILES string of the molecule is CC/C=C\C/C=C\C/C=C\C/C=C\C/C=C\CCCCCC(=O)OC(/C=C\CCCCCCCCCCCC)C(COP(=O)(O)OCC[N+](C)(C)C)NC(=O)CCCCCCCCCCCCCCCCCCC/C=C\C/C=C\CCCCC. The molecule has 0 saturated carbocycles. The van der Waals surface area contributed by atoms with E-state index in [1.165, 1.54) is 173 Å². The summed E-state index contributed by atoms with van der Waals surface area (Å²) in [5.74, 6) is -0.538. The Hall–Kier alpha value is -3.07. The molecule has 486 valence electrons. The molecule has 0 aliphatic rings. The Kier molecular flexibility index (Phi) is 60.7. The summed E-state index contributed by atoms with van der Waals surface area (Å²) in [7, 11) is 1.47. The highest BCUT2D eigenvalue weighted by Gasteiger charge is 2.30. The minimum Gasteiger partial charge on any atom is -0.456 e. The van der Waals surface area contributed by atoms with Crippen LogP contribution in [0.1, 0.15) is 310 Å². The lowest BCUT2D eigenvalue weighted by Crippen LogP contribution is -2.47. The standard InChI is InChI=1S/C74H133N2O7P/c1-7-10-13-16-19-22-25-28-30-32-34-35-36-37-38-39-40-41-43-44-46-48-51-54-57-60-63-66-73(77)75-71(70-82-84(79,80)81-69-68-76(4,5)6)72(65-62-59-56-53-50-27-24-21-18-15-12-9-3)83-74(78)67-64-61-58-55-52-49-47-45-42-33-31-29-26-23-20-17-14-11-8-2/h11,14,19-20,22-23,28-31,42,45,49,52,62,65,71-72H,7-10,12-13,15-18,21,24-27,32-41,43-44,46-48,50-51,53-61,63-64,66-70H2,1-6H3,(H-,75,77,79,80)/p+1/b14-11-,22-19-,23-20-,30-28-,31-29-,45-42-,52-49-,65-62-. The van der Waals surface area contributed by atoms with E-state index in [-0.39, 0.29) is 31.5 Å². The van der Waals surface area contributed by atoms with Crippen molar-refractivity contribution in [1.82, 2.24) is 5.32 Å². The first-order valence-corrected chi connectivity index (χ1v) is 36.6. The van der Waals surface area contributed by atoms with Crippen LogP contribution in [0.3, 0.4) is 0 Å². The quantitative estimate of drug-likeness (QED) is 0.0205. The average Bonchev–Trinajstić information content (AvgIpc) is 3.65. The molecule has 10 heteroatoms. The summed E-state index contributed by atoms with van der Waals surface area (Å²) in [5.41, 5.74) is 0. The smallest absolute Gasteiger partial charge is 0.456 e. The van der Waals surface area contributed by atoms with Crippen molar-refractivity contribution in [2.45, 2.75) is 322 Å². The van der Waals surface area contributed by atoms with E-state index in [9.17, 15) is 19.0 Å². The molecule has 0 aliphatic carbocycles. The predicted molar refractivity (Wildman–Crippen MR) is 364 cm³/mol. The molecule has 0 radical (unpaired) electrons. The van der Waals surface area contributed by atoms with Crippen molar-refractivity contribution in [3.63, 3.8) is 0 Å². The number of unbranched alkanes of at least 4 members (excludes halogenated alkanes) is 33. The van der Waals surface area contributed by atoms with Gasteiger partial charge in [-0.1, -0.05) is 285 Å². The third kappa shape index (κ3) is 63.4. The van der Waals surface area contributed by atoms with Crippen LogP contribution in [-0.2, 0) is 27.9 Å². The number of hydrogen-bond donors (Lipinski definition) is 2. The molecule has 0 spiro atoms. The zero-order valence-electron chi connectivity index (χ0n) is 55.6. The van der Waals surface area contributed by atoms with Crippen LogP contribution < -0.4 is 5.32 Å². The molecule has 3 atom stereocenters. The van der Waals surface area contributed by atoms with Crippen LogP contribution in [0.5, 0.6) is 0 Å². The lowest BCUT2D eigenvalue weighted by atomic mass is 10.0. The van der Waals surface area contributed by atoms with Crippen molar-refractivity contribution in [3.8, 4) is 0 Å². The second-order valence-electron chi connectivity index (χ2n) is 24.7. The number of allylic oxidation sites excluding steroid dienone is 15. The van der Waals surface area contributed by atoms with Gasteiger partial charge in [-0.15, -0.1) is 0 Å². The summed E-state index contributed by atoms with van der Waals surface area (Å²) >= 11 is 0. The van der Waals surface area contributed by atoms with Gasteiger partial charge in [0.15, 0.2) is 0 Å². The molecule has 0 aromatic rings. The highest BCUT2D eigenvalue weighted by Crippen LogP contribution is 2.43. The number of phosphoric ester groups is 1. The summed E-state index contributed by atoms with van der Waals surface area (Å²) < 4.78 is 30.8. The first kappa shape index (κ1) is 80.9. The Labute approximate surface area is 519 Å². The van der Waals surface area contributed by atoms with E-state index in [1.54, 1.807) is 0 Å². The fourth-order valence-electron chi connectivity index (χ4n) is 9.88. The van der Waals surface area contributed by atoms with Gasteiger partial charge in [0.2, 0.25) is 5.91 Å². The maximum absolute atomic E-state index is 13.6. The molecule has 1 amide bonds. The molecular weight excluding hydrogens is 1060 g/mol. The van der Waals surface area contributed by atoms with Crippen LogP contribution in [-0.4, -0.2) is 74.3 Å². The minimum absolute atomic E-state index is 0.0317. The third-order valence-electron chi connectivity index (χ3n) is 15.3. The zero-order chi connectivity index (χ0) is 61.4. The Morgan fingerprint density at radius 2 is 0.762 bits per heavy atom. The molecule has 0 saturated heterocycles. The summed E-state index contributed by atoms with van der Waals surface area (Å²) in [6.45, 7) is 6.87. The van der Waals surface area contributed by atoms with E-state index in [0.29, 0.717) is 23.9 Å². The number of hydrogen-bond acceptors (Lipinski definition) is 6. The van der Waals surface area contributed by atoms with Gasteiger partial charge in [0.1, 0.15) is 19.3 Å². The molecular formula is C74H134N2O7P+. The molecule has 2 N–H and O–H groups in total.